The summed E-state index contributed by atoms with van der Waals surface area (Å²) in [7, 11) is 1.92. The number of aromatic nitrogens is 1. The molecule has 30 heavy (non-hydrogen) atoms. The summed E-state index contributed by atoms with van der Waals surface area (Å²) in [6.07, 6.45) is 3.55. The van der Waals surface area contributed by atoms with E-state index >= 15 is 0 Å². The zero-order chi connectivity index (χ0) is 21.0. The van der Waals surface area contributed by atoms with Gasteiger partial charge in [0, 0.05) is 41.8 Å². The summed E-state index contributed by atoms with van der Waals surface area (Å²) in [5.41, 5.74) is 3.65. The number of hydrogen-bond donors (Lipinski definition) is 3. The number of hydrogen-bond acceptors (Lipinski definition) is 5. The van der Waals surface area contributed by atoms with Crippen molar-refractivity contribution in [2.24, 2.45) is 7.05 Å². The molecule has 4 aromatic rings. The van der Waals surface area contributed by atoms with E-state index in [2.05, 4.69) is 0 Å². The lowest BCUT2D eigenvalue weighted by Crippen LogP contribution is -1.98. The molecule has 0 saturated carbocycles. The second-order valence-corrected chi connectivity index (χ2v) is 7.22. The van der Waals surface area contributed by atoms with E-state index < -0.39 is 5.78 Å². The van der Waals surface area contributed by atoms with Crippen LogP contribution in [0.3, 0.4) is 0 Å². The molecule has 1 aliphatic rings. The molecule has 0 spiro atoms. The van der Waals surface area contributed by atoms with Crippen molar-refractivity contribution in [3.05, 3.63) is 77.7 Å². The molecule has 1 aromatic heterocycles. The molecule has 0 amide bonds. The number of ether oxygens (including phenoxy) is 1. The third-order valence-corrected chi connectivity index (χ3v) is 5.25. The first kappa shape index (κ1) is 17.9. The molecule has 6 heteroatoms. The summed E-state index contributed by atoms with van der Waals surface area (Å²) in [6, 6.07) is 15.3. The first-order valence-corrected chi connectivity index (χ1v) is 9.30. The monoisotopic (exact) mass is 399 g/mol. The lowest BCUT2D eigenvalue weighted by molar-refractivity contribution is 0.101. The molecular weight excluding hydrogens is 382 g/mol. The normalized spacial score (nSPS) is 14.3. The van der Waals surface area contributed by atoms with E-state index in [-0.39, 0.29) is 34.3 Å². The lowest BCUT2D eigenvalue weighted by atomic mass is 9.98. The van der Waals surface area contributed by atoms with Crippen LogP contribution in [0, 0.1) is 0 Å². The van der Waals surface area contributed by atoms with Crippen LogP contribution < -0.4 is 4.74 Å². The van der Waals surface area contributed by atoms with Gasteiger partial charge in [-0.2, -0.15) is 0 Å². The summed E-state index contributed by atoms with van der Waals surface area (Å²) in [6.45, 7) is 0. The zero-order valence-electron chi connectivity index (χ0n) is 16.0. The van der Waals surface area contributed by atoms with Crippen LogP contribution in [0.2, 0.25) is 0 Å². The first-order valence-electron chi connectivity index (χ1n) is 9.30. The van der Waals surface area contributed by atoms with Crippen molar-refractivity contribution >= 4 is 22.8 Å². The van der Waals surface area contributed by atoms with Crippen LogP contribution in [0.15, 0.2) is 66.6 Å². The maximum absolute atomic E-state index is 12.8. The van der Waals surface area contributed by atoms with Crippen molar-refractivity contribution in [3.63, 3.8) is 0 Å². The number of allylic oxidation sites excluding steroid dienone is 1. The quantitative estimate of drug-likeness (QED) is 0.429. The fourth-order valence-corrected chi connectivity index (χ4v) is 3.89. The number of nitrogens with zero attached hydrogens (tertiary/aromatic N) is 1. The number of benzene rings is 3. The second kappa shape index (κ2) is 6.42. The molecular formula is C24H17NO5. The number of Topliss-reactive ketones (excluding diaryl/α,β-unsaturated/α-hetero) is 1. The molecule has 3 N–H and O–H groups in total. The SMILES string of the molecule is Cn1cc(C=C2Oc3cc(O)cc(O)c3C2=O)c2c(-c3ccc(O)cc3)cccc21. The maximum Gasteiger partial charge on any atom is 0.235 e. The highest BCUT2D eigenvalue weighted by molar-refractivity contribution is 6.17. The van der Waals surface area contributed by atoms with Gasteiger partial charge in [0.15, 0.2) is 5.76 Å². The standard InChI is InChI=1S/C24H17NO5/c1-25-12-14(9-21-24(29)23-19(28)10-16(27)11-20(23)30-21)22-17(3-2-4-18(22)25)13-5-7-15(26)8-6-13/h2-12,26-28H,1H3. The average molecular weight is 399 g/mol. The molecule has 1 aliphatic heterocycles. The molecule has 0 atom stereocenters. The minimum absolute atomic E-state index is 0.0399. The largest absolute Gasteiger partial charge is 0.508 e. The third-order valence-electron chi connectivity index (χ3n) is 5.25. The fourth-order valence-electron chi connectivity index (χ4n) is 3.89. The summed E-state index contributed by atoms with van der Waals surface area (Å²) in [5.74, 6) is -0.559. The number of rotatable bonds is 2. The molecule has 0 radical (unpaired) electrons. The smallest absolute Gasteiger partial charge is 0.235 e. The van der Waals surface area contributed by atoms with E-state index in [1.165, 1.54) is 6.07 Å². The highest BCUT2D eigenvalue weighted by atomic mass is 16.5. The fraction of sp³-hybridized carbons (Fsp3) is 0.0417. The van der Waals surface area contributed by atoms with E-state index in [0.29, 0.717) is 0 Å². The van der Waals surface area contributed by atoms with Crippen LogP contribution in [-0.2, 0) is 7.05 Å². The number of carbonyl (C=O) groups is 1. The van der Waals surface area contributed by atoms with E-state index in [9.17, 15) is 20.1 Å². The minimum atomic E-state index is -0.443. The Kier molecular flexibility index (Phi) is 3.83. The molecule has 0 bridgehead atoms. The Bertz CT molecular complexity index is 1360. The number of carbonyl (C=O) groups excluding carboxylic acids is 1. The van der Waals surface area contributed by atoms with Crippen LogP contribution in [-0.4, -0.2) is 25.7 Å². The Hall–Kier alpha value is -4.19. The lowest BCUT2D eigenvalue weighted by Gasteiger charge is -2.06. The molecule has 5 rings (SSSR count). The highest BCUT2D eigenvalue weighted by Crippen LogP contribution is 2.41. The molecule has 3 aromatic carbocycles. The van der Waals surface area contributed by atoms with Gasteiger partial charge < -0.3 is 24.6 Å². The van der Waals surface area contributed by atoms with Gasteiger partial charge in [-0.05, 0) is 35.4 Å². The molecule has 2 heterocycles. The molecule has 148 valence electrons. The predicted molar refractivity (Wildman–Crippen MR) is 113 cm³/mol. The molecule has 0 aliphatic carbocycles. The molecule has 0 saturated heterocycles. The van der Waals surface area contributed by atoms with Crippen molar-refractivity contribution < 1.29 is 24.9 Å². The zero-order valence-corrected chi connectivity index (χ0v) is 16.0. The van der Waals surface area contributed by atoms with Crippen molar-refractivity contribution in [3.8, 4) is 34.1 Å². The highest BCUT2D eigenvalue weighted by Gasteiger charge is 2.31. The number of aryl methyl sites for hydroxylation is 1. The topological polar surface area (TPSA) is 91.9 Å². The third kappa shape index (κ3) is 2.69. The van der Waals surface area contributed by atoms with Crippen LogP contribution in [0.4, 0.5) is 0 Å². The van der Waals surface area contributed by atoms with Crippen LogP contribution in [0.25, 0.3) is 28.1 Å². The van der Waals surface area contributed by atoms with Gasteiger partial charge in [-0.1, -0.05) is 24.3 Å². The van der Waals surface area contributed by atoms with Gasteiger partial charge in [-0.15, -0.1) is 0 Å². The second-order valence-electron chi connectivity index (χ2n) is 7.22. The number of aromatic hydroxyl groups is 3. The molecule has 0 fully saturated rings. The van der Waals surface area contributed by atoms with Crippen LogP contribution >= 0.6 is 0 Å². The molecule has 6 nitrogen and oxygen atoms in total. The maximum atomic E-state index is 12.8. The number of phenolic OH excluding ortho intramolecular Hbond substituents is 3. The van der Waals surface area contributed by atoms with E-state index in [1.54, 1.807) is 18.2 Å². The Balaban J connectivity index is 1.68. The van der Waals surface area contributed by atoms with Gasteiger partial charge in [-0.3, -0.25) is 4.79 Å². The van der Waals surface area contributed by atoms with E-state index in [4.69, 9.17) is 4.74 Å². The van der Waals surface area contributed by atoms with Crippen LogP contribution in [0.5, 0.6) is 23.0 Å². The predicted octanol–water partition coefficient (Wildman–Crippen LogP) is 4.58. The van der Waals surface area contributed by atoms with Gasteiger partial charge in [-0.25, -0.2) is 0 Å². The number of fused-ring (bicyclic) bond motifs is 2. The van der Waals surface area contributed by atoms with Crippen molar-refractivity contribution in [1.29, 1.82) is 0 Å². The summed E-state index contributed by atoms with van der Waals surface area (Å²) >= 11 is 0. The first-order chi connectivity index (χ1) is 14.4. The van der Waals surface area contributed by atoms with Crippen molar-refractivity contribution in [2.75, 3.05) is 0 Å². The summed E-state index contributed by atoms with van der Waals surface area (Å²) in [4.78, 5) is 12.8. The minimum Gasteiger partial charge on any atom is -0.508 e. The van der Waals surface area contributed by atoms with Crippen molar-refractivity contribution in [2.45, 2.75) is 0 Å². The van der Waals surface area contributed by atoms with Gasteiger partial charge in [0.1, 0.15) is 28.6 Å². The van der Waals surface area contributed by atoms with Gasteiger partial charge >= 0.3 is 0 Å². The Labute approximate surface area is 171 Å². The van der Waals surface area contributed by atoms with Gasteiger partial charge in [0.2, 0.25) is 5.78 Å². The average Bonchev–Trinajstić information content (AvgIpc) is 3.19. The Morgan fingerprint density at radius 3 is 2.50 bits per heavy atom. The van der Waals surface area contributed by atoms with Crippen LogP contribution in [0.1, 0.15) is 15.9 Å². The van der Waals surface area contributed by atoms with E-state index in [1.807, 2.05) is 48.1 Å². The number of phenols is 3. The summed E-state index contributed by atoms with van der Waals surface area (Å²) < 4.78 is 7.61. The Morgan fingerprint density at radius 2 is 1.73 bits per heavy atom. The molecule has 0 unspecified atom stereocenters. The Morgan fingerprint density at radius 1 is 0.967 bits per heavy atom. The van der Waals surface area contributed by atoms with Gasteiger partial charge in [0.25, 0.3) is 0 Å². The van der Waals surface area contributed by atoms with E-state index in [0.717, 1.165) is 33.7 Å². The van der Waals surface area contributed by atoms with Gasteiger partial charge in [0.05, 0.1) is 0 Å². The van der Waals surface area contributed by atoms with Crippen molar-refractivity contribution in [1.82, 2.24) is 4.57 Å². The number of ketones is 1. The summed E-state index contributed by atoms with van der Waals surface area (Å²) in [5, 5.41) is 30.3.